The molecule has 0 aliphatic heterocycles. The SMILES string of the molecule is Cc1ccc(C)n1NC1CCC(C)(C)C1. The molecule has 1 aromatic rings. The van der Waals surface area contributed by atoms with Crippen LogP contribution in [0.5, 0.6) is 0 Å². The Bertz CT molecular complexity index is 330. The predicted molar refractivity (Wildman–Crippen MR) is 64.7 cm³/mol. The highest BCUT2D eigenvalue weighted by atomic mass is 15.4. The van der Waals surface area contributed by atoms with E-state index in [4.69, 9.17) is 0 Å². The standard InChI is InChI=1S/C13H22N2/c1-10-5-6-11(2)15(10)14-12-7-8-13(3,4)9-12/h5-6,12,14H,7-9H2,1-4H3. The molecule has 0 spiro atoms. The Morgan fingerprint density at radius 3 is 2.33 bits per heavy atom. The molecule has 0 aromatic carbocycles. The van der Waals surface area contributed by atoms with Crippen LogP contribution < -0.4 is 5.43 Å². The van der Waals surface area contributed by atoms with E-state index in [-0.39, 0.29) is 0 Å². The van der Waals surface area contributed by atoms with Crippen molar-refractivity contribution in [3.8, 4) is 0 Å². The number of rotatable bonds is 2. The Labute approximate surface area is 92.6 Å². The van der Waals surface area contributed by atoms with Crippen LogP contribution in [0.1, 0.15) is 44.5 Å². The highest BCUT2D eigenvalue weighted by molar-refractivity contribution is 5.16. The lowest BCUT2D eigenvalue weighted by atomic mass is 9.92. The minimum atomic E-state index is 0.520. The maximum atomic E-state index is 3.63. The number of hydrogen-bond donors (Lipinski definition) is 1. The lowest BCUT2D eigenvalue weighted by molar-refractivity contribution is 0.376. The molecule has 0 saturated heterocycles. The van der Waals surface area contributed by atoms with Crippen molar-refractivity contribution in [2.24, 2.45) is 5.41 Å². The molecule has 1 saturated carbocycles. The first kappa shape index (κ1) is 10.6. The van der Waals surface area contributed by atoms with Crippen LogP contribution in [-0.2, 0) is 0 Å². The Hall–Kier alpha value is -0.920. The first-order valence-corrected chi connectivity index (χ1v) is 5.89. The van der Waals surface area contributed by atoms with Gasteiger partial charge < -0.3 is 5.43 Å². The van der Waals surface area contributed by atoms with Gasteiger partial charge in [-0.15, -0.1) is 0 Å². The second-order valence-electron chi connectivity index (χ2n) is 5.68. The van der Waals surface area contributed by atoms with Gasteiger partial charge in [-0.3, -0.25) is 4.68 Å². The third-order valence-electron chi connectivity index (χ3n) is 3.55. The van der Waals surface area contributed by atoms with Gasteiger partial charge in [-0.2, -0.15) is 0 Å². The van der Waals surface area contributed by atoms with Crippen LogP contribution in [-0.4, -0.2) is 10.7 Å². The average molecular weight is 206 g/mol. The molecule has 1 aliphatic carbocycles. The molecular weight excluding hydrogens is 184 g/mol. The van der Waals surface area contributed by atoms with Crippen molar-refractivity contribution in [3.05, 3.63) is 23.5 Å². The normalized spacial score (nSPS) is 24.4. The van der Waals surface area contributed by atoms with E-state index in [1.54, 1.807) is 0 Å². The van der Waals surface area contributed by atoms with Crippen LogP contribution in [0.2, 0.25) is 0 Å². The third-order valence-corrected chi connectivity index (χ3v) is 3.55. The van der Waals surface area contributed by atoms with E-state index in [9.17, 15) is 0 Å². The molecule has 15 heavy (non-hydrogen) atoms. The van der Waals surface area contributed by atoms with E-state index in [1.165, 1.54) is 30.7 Å². The van der Waals surface area contributed by atoms with Crippen molar-refractivity contribution >= 4 is 0 Å². The fraction of sp³-hybridized carbons (Fsp3) is 0.692. The number of aromatic nitrogens is 1. The molecule has 1 fully saturated rings. The fourth-order valence-electron chi connectivity index (χ4n) is 2.60. The van der Waals surface area contributed by atoms with Crippen LogP contribution in [0.15, 0.2) is 12.1 Å². The summed E-state index contributed by atoms with van der Waals surface area (Å²) in [4.78, 5) is 0. The molecule has 1 unspecified atom stereocenters. The van der Waals surface area contributed by atoms with Gasteiger partial charge in [-0.1, -0.05) is 13.8 Å². The quantitative estimate of drug-likeness (QED) is 0.786. The zero-order chi connectivity index (χ0) is 11.1. The topological polar surface area (TPSA) is 17.0 Å². The number of aryl methyl sites for hydroxylation is 2. The van der Waals surface area contributed by atoms with E-state index in [0.29, 0.717) is 11.5 Å². The maximum Gasteiger partial charge on any atom is 0.0429 e. The van der Waals surface area contributed by atoms with E-state index >= 15 is 0 Å². The first-order chi connectivity index (χ1) is 6.98. The minimum Gasteiger partial charge on any atom is -0.323 e. The zero-order valence-corrected chi connectivity index (χ0v) is 10.3. The van der Waals surface area contributed by atoms with E-state index < -0.39 is 0 Å². The van der Waals surface area contributed by atoms with Crippen LogP contribution in [0.4, 0.5) is 0 Å². The molecular formula is C13H22N2. The molecule has 1 aromatic heterocycles. The van der Waals surface area contributed by atoms with Gasteiger partial charge in [0.15, 0.2) is 0 Å². The van der Waals surface area contributed by atoms with Gasteiger partial charge in [0.05, 0.1) is 0 Å². The van der Waals surface area contributed by atoms with Crippen molar-refractivity contribution in [2.45, 2.75) is 53.0 Å². The Morgan fingerprint density at radius 2 is 1.87 bits per heavy atom. The molecule has 1 heterocycles. The van der Waals surface area contributed by atoms with Gasteiger partial charge in [0.1, 0.15) is 0 Å². The van der Waals surface area contributed by atoms with Gasteiger partial charge in [0.2, 0.25) is 0 Å². The summed E-state index contributed by atoms with van der Waals surface area (Å²) in [5.74, 6) is 0. The summed E-state index contributed by atoms with van der Waals surface area (Å²) in [5, 5.41) is 0. The number of nitrogens with zero attached hydrogens (tertiary/aromatic N) is 1. The van der Waals surface area contributed by atoms with E-state index in [2.05, 4.69) is 49.9 Å². The molecule has 2 rings (SSSR count). The largest absolute Gasteiger partial charge is 0.323 e. The predicted octanol–water partition coefficient (Wildman–Crippen LogP) is 3.23. The lowest BCUT2D eigenvalue weighted by Crippen LogP contribution is -2.27. The molecule has 1 aliphatic rings. The second-order valence-corrected chi connectivity index (χ2v) is 5.68. The molecule has 2 nitrogen and oxygen atoms in total. The second kappa shape index (κ2) is 3.58. The summed E-state index contributed by atoms with van der Waals surface area (Å²) < 4.78 is 2.23. The summed E-state index contributed by atoms with van der Waals surface area (Å²) >= 11 is 0. The first-order valence-electron chi connectivity index (χ1n) is 5.89. The van der Waals surface area contributed by atoms with Gasteiger partial charge in [-0.05, 0) is 50.7 Å². The van der Waals surface area contributed by atoms with Crippen LogP contribution in [0.3, 0.4) is 0 Å². The molecule has 84 valence electrons. The summed E-state index contributed by atoms with van der Waals surface area (Å²) in [6.07, 6.45) is 3.91. The van der Waals surface area contributed by atoms with Crippen molar-refractivity contribution in [3.63, 3.8) is 0 Å². The van der Waals surface area contributed by atoms with Crippen molar-refractivity contribution in [1.82, 2.24) is 4.68 Å². The molecule has 2 heteroatoms. The summed E-state index contributed by atoms with van der Waals surface area (Å²) in [6.45, 7) is 9.04. The zero-order valence-electron chi connectivity index (χ0n) is 10.3. The lowest BCUT2D eigenvalue weighted by Gasteiger charge is -2.21. The highest BCUT2D eigenvalue weighted by Gasteiger charge is 2.31. The fourth-order valence-corrected chi connectivity index (χ4v) is 2.60. The van der Waals surface area contributed by atoms with Crippen molar-refractivity contribution < 1.29 is 0 Å². The molecule has 0 bridgehead atoms. The summed E-state index contributed by atoms with van der Waals surface area (Å²) in [5.41, 5.74) is 6.76. The highest BCUT2D eigenvalue weighted by Crippen LogP contribution is 2.37. The third kappa shape index (κ3) is 2.19. The Balaban J connectivity index is 2.05. The summed E-state index contributed by atoms with van der Waals surface area (Å²) in [6, 6.07) is 4.98. The van der Waals surface area contributed by atoms with E-state index in [0.717, 1.165) is 0 Å². The maximum absolute atomic E-state index is 3.63. The molecule has 1 atom stereocenters. The van der Waals surface area contributed by atoms with Gasteiger partial charge in [0, 0.05) is 17.4 Å². The minimum absolute atomic E-state index is 0.520. The van der Waals surface area contributed by atoms with Crippen LogP contribution in [0.25, 0.3) is 0 Å². The van der Waals surface area contributed by atoms with Gasteiger partial charge >= 0.3 is 0 Å². The van der Waals surface area contributed by atoms with Gasteiger partial charge in [-0.25, -0.2) is 0 Å². The molecule has 0 radical (unpaired) electrons. The van der Waals surface area contributed by atoms with Crippen molar-refractivity contribution in [2.75, 3.05) is 5.43 Å². The number of nitrogens with one attached hydrogen (secondary N) is 1. The number of hydrogen-bond acceptors (Lipinski definition) is 1. The van der Waals surface area contributed by atoms with Crippen LogP contribution in [0, 0.1) is 19.3 Å². The smallest absolute Gasteiger partial charge is 0.0429 e. The molecule has 0 amide bonds. The van der Waals surface area contributed by atoms with Crippen molar-refractivity contribution in [1.29, 1.82) is 0 Å². The average Bonchev–Trinajstić information content (AvgIpc) is 2.63. The summed E-state index contributed by atoms with van der Waals surface area (Å²) in [7, 11) is 0. The van der Waals surface area contributed by atoms with E-state index in [1.807, 2.05) is 0 Å². The van der Waals surface area contributed by atoms with Crippen LogP contribution >= 0.6 is 0 Å². The Morgan fingerprint density at radius 1 is 1.27 bits per heavy atom. The molecule has 1 N–H and O–H groups in total. The monoisotopic (exact) mass is 206 g/mol. The van der Waals surface area contributed by atoms with Gasteiger partial charge in [0.25, 0.3) is 0 Å². The Kier molecular flexibility index (Phi) is 2.53.